The Bertz CT molecular complexity index is 323. The second kappa shape index (κ2) is 4.51. The molecule has 0 aliphatic rings. The van der Waals surface area contributed by atoms with Crippen molar-refractivity contribution < 1.29 is 8.78 Å². The van der Waals surface area contributed by atoms with E-state index >= 15 is 0 Å². The van der Waals surface area contributed by atoms with Crippen molar-refractivity contribution in [2.45, 2.75) is 26.2 Å². The molecule has 1 aromatic rings. The topological polar surface area (TPSA) is 26.0 Å². The Morgan fingerprint density at radius 2 is 1.93 bits per heavy atom. The van der Waals surface area contributed by atoms with Crippen LogP contribution in [0, 0.1) is 11.6 Å². The predicted octanol–water partition coefficient (Wildman–Crippen LogP) is 2.59. The first-order chi connectivity index (χ1) is 6.60. The largest absolute Gasteiger partial charge is 0.330 e. The third kappa shape index (κ3) is 2.10. The van der Waals surface area contributed by atoms with Crippen molar-refractivity contribution in [3.05, 3.63) is 34.9 Å². The van der Waals surface area contributed by atoms with Gasteiger partial charge in [0.15, 0.2) is 0 Å². The van der Waals surface area contributed by atoms with Crippen molar-refractivity contribution in [3.63, 3.8) is 0 Å². The molecule has 1 nitrogen and oxygen atoms in total. The molecule has 2 N–H and O–H groups in total. The number of benzene rings is 1. The van der Waals surface area contributed by atoms with Crippen LogP contribution < -0.4 is 5.73 Å². The molecule has 0 spiro atoms. The van der Waals surface area contributed by atoms with E-state index in [1.807, 2.05) is 13.8 Å². The zero-order valence-electron chi connectivity index (χ0n) is 8.48. The van der Waals surface area contributed by atoms with Crippen molar-refractivity contribution in [2.24, 2.45) is 5.73 Å². The number of nitrogens with two attached hydrogens (primary N) is 1. The lowest BCUT2D eigenvalue weighted by atomic mass is 9.97. The summed E-state index contributed by atoms with van der Waals surface area (Å²) >= 11 is 0. The Balaban J connectivity index is 3.17. The molecule has 0 fully saturated rings. The third-order valence-electron chi connectivity index (χ3n) is 2.43. The van der Waals surface area contributed by atoms with Crippen LogP contribution in [0.1, 0.15) is 30.9 Å². The van der Waals surface area contributed by atoms with Gasteiger partial charge in [-0.3, -0.25) is 0 Å². The first-order valence-corrected chi connectivity index (χ1v) is 4.78. The van der Waals surface area contributed by atoms with E-state index in [0.717, 1.165) is 6.07 Å². The highest BCUT2D eigenvalue weighted by Gasteiger charge is 2.13. The van der Waals surface area contributed by atoms with Gasteiger partial charge in [-0.1, -0.05) is 13.8 Å². The summed E-state index contributed by atoms with van der Waals surface area (Å²) < 4.78 is 26.4. The van der Waals surface area contributed by atoms with Crippen LogP contribution in [0.3, 0.4) is 0 Å². The maximum Gasteiger partial charge on any atom is 0.129 e. The SMILES string of the molecule is CCc1cc(C(C)CN)c(F)cc1F. The molecule has 0 aliphatic carbocycles. The lowest BCUT2D eigenvalue weighted by Gasteiger charge is -2.12. The normalized spacial score (nSPS) is 12.9. The summed E-state index contributed by atoms with van der Waals surface area (Å²) in [6, 6.07) is 2.52. The van der Waals surface area contributed by atoms with Crippen molar-refractivity contribution in [1.29, 1.82) is 0 Å². The van der Waals surface area contributed by atoms with Crippen LogP contribution in [0.4, 0.5) is 8.78 Å². The highest BCUT2D eigenvalue weighted by Crippen LogP contribution is 2.22. The standard InChI is InChI=1S/C11H15F2N/c1-3-8-4-9(7(2)6-14)11(13)5-10(8)12/h4-5,7H,3,6,14H2,1-2H3. The third-order valence-corrected chi connectivity index (χ3v) is 2.43. The minimum atomic E-state index is -0.502. The summed E-state index contributed by atoms with van der Waals surface area (Å²) in [4.78, 5) is 0. The van der Waals surface area contributed by atoms with E-state index in [9.17, 15) is 8.78 Å². The molecular weight excluding hydrogens is 184 g/mol. The van der Waals surface area contributed by atoms with Crippen LogP contribution in [0.2, 0.25) is 0 Å². The van der Waals surface area contributed by atoms with Gasteiger partial charge in [0.25, 0.3) is 0 Å². The lowest BCUT2D eigenvalue weighted by Crippen LogP contribution is -2.11. The first-order valence-electron chi connectivity index (χ1n) is 4.78. The van der Waals surface area contributed by atoms with Crippen LogP contribution in [-0.2, 0) is 6.42 Å². The molecule has 1 rings (SSSR count). The fraction of sp³-hybridized carbons (Fsp3) is 0.455. The molecule has 1 aromatic carbocycles. The van der Waals surface area contributed by atoms with Gasteiger partial charge in [-0.2, -0.15) is 0 Å². The Labute approximate surface area is 82.9 Å². The number of rotatable bonds is 3. The Hall–Kier alpha value is -0.960. The number of hydrogen-bond acceptors (Lipinski definition) is 1. The van der Waals surface area contributed by atoms with E-state index < -0.39 is 11.6 Å². The van der Waals surface area contributed by atoms with Gasteiger partial charge in [0.05, 0.1) is 0 Å². The van der Waals surface area contributed by atoms with Gasteiger partial charge < -0.3 is 5.73 Å². The molecule has 0 saturated heterocycles. The van der Waals surface area contributed by atoms with E-state index in [0.29, 0.717) is 24.1 Å². The molecule has 0 saturated carbocycles. The van der Waals surface area contributed by atoms with E-state index in [2.05, 4.69) is 0 Å². The Morgan fingerprint density at radius 3 is 2.43 bits per heavy atom. The minimum Gasteiger partial charge on any atom is -0.330 e. The fourth-order valence-corrected chi connectivity index (χ4v) is 1.39. The zero-order valence-corrected chi connectivity index (χ0v) is 8.48. The minimum absolute atomic E-state index is 0.0686. The van der Waals surface area contributed by atoms with Crippen LogP contribution in [0.25, 0.3) is 0 Å². The van der Waals surface area contributed by atoms with Gasteiger partial charge in [0, 0.05) is 6.07 Å². The Kier molecular flexibility index (Phi) is 3.58. The molecule has 3 heteroatoms. The number of hydrogen-bond donors (Lipinski definition) is 1. The molecule has 14 heavy (non-hydrogen) atoms. The quantitative estimate of drug-likeness (QED) is 0.795. The van der Waals surface area contributed by atoms with Crippen LogP contribution >= 0.6 is 0 Å². The van der Waals surface area contributed by atoms with Gasteiger partial charge in [-0.15, -0.1) is 0 Å². The summed E-state index contributed by atoms with van der Waals surface area (Å²) in [5, 5.41) is 0. The maximum absolute atomic E-state index is 13.3. The average Bonchev–Trinajstić information content (AvgIpc) is 2.17. The highest BCUT2D eigenvalue weighted by atomic mass is 19.1. The molecule has 0 bridgehead atoms. The van der Waals surface area contributed by atoms with Crippen LogP contribution in [-0.4, -0.2) is 6.54 Å². The highest BCUT2D eigenvalue weighted by molar-refractivity contribution is 5.29. The lowest BCUT2D eigenvalue weighted by molar-refractivity contribution is 0.553. The van der Waals surface area contributed by atoms with E-state index in [1.165, 1.54) is 0 Å². The van der Waals surface area contributed by atoms with Crippen molar-refractivity contribution in [1.82, 2.24) is 0 Å². The Morgan fingerprint density at radius 1 is 1.29 bits per heavy atom. The summed E-state index contributed by atoms with van der Waals surface area (Å²) in [5.74, 6) is -1.04. The smallest absolute Gasteiger partial charge is 0.129 e. The number of halogens is 2. The summed E-state index contributed by atoms with van der Waals surface area (Å²) in [7, 11) is 0. The van der Waals surface area contributed by atoms with E-state index in [4.69, 9.17) is 5.73 Å². The van der Waals surface area contributed by atoms with Crippen molar-refractivity contribution in [3.8, 4) is 0 Å². The molecule has 0 aliphatic heterocycles. The molecule has 0 heterocycles. The van der Waals surface area contributed by atoms with Crippen LogP contribution in [0.5, 0.6) is 0 Å². The first kappa shape index (κ1) is 11.1. The van der Waals surface area contributed by atoms with Gasteiger partial charge in [-0.25, -0.2) is 8.78 Å². The van der Waals surface area contributed by atoms with E-state index in [1.54, 1.807) is 6.07 Å². The average molecular weight is 199 g/mol. The zero-order chi connectivity index (χ0) is 10.7. The molecular formula is C11H15F2N. The molecule has 0 aromatic heterocycles. The summed E-state index contributed by atoms with van der Waals surface area (Å²) in [6.45, 7) is 4.04. The summed E-state index contributed by atoms with van der Waals surface area (Å²) in [6.07, 6.45) is 0.566. The summed E-state index contributed by atoms with van der Waals surface area (Å²) in [5.41, 5.74) is 6.49. The molecule has 0 amide bonds. The van der Waals surface area contributed by atoms with E-state index in [-0.39, 0.29) is 5.92 Å². The molecule has 1 atom stereocenters. The predicted molar refractivity (Wildman–Crippen MR) is 53.2 cm³/mol. The van der Waals surface area contributed by atoms with Gasteiger partial charge in [-0.05, 0) is 36.1 Å². The molecule has 0 radical (unpaired) electrons. The number of aryl methyl sites for hydroxylation is 1. The van der Waals surface area contributed by atoms with Gasteiger partial charge >= 0.3 is 0 Å². The maximum atomic E-state index is 13.3. The van der Waals surface area contributed by atoms with Gasteiger partial charge in [0.2, 0.25) is 0 Å². The molecule has 1 unspecified atom stereocenters. The van der Waals surface area contributed by atoms with Gasteiger partial charge in [0.1, 0.15) is 11.6 Å². The molecule has 78 valence electrons. The van der Waals surface area contributed by atoms with Crippen LogP contribution in [0.15, 0.2) is 12.1 Å². The fourth-order valence-electron chi connectivity index (χ4n) is 1.39. The van der Waals surface area contributed by atoms with Crippen molar-refractivity contribution in [2.75, 3.05) is 6.54 Å². The second-order valence-corrected chi connectivity index (χ2v) is 3.46. The van der Waals surface area contributed by atoms with Crippen molar-refractivity contribution >= 4 is 0 Å². The monoisotopic (exact) mass is 199 g/mol. The second-order valence-electron chi connectivity index (χ2n) is 3.46.